The van der Waals surface area contributed by atoms with Crippen molar-refractivity contribution >= 4 is 33.6 Å². The maximum atomic E-state index is 12.9. The molecule has 104 valence electrons. The van der Waals surface area contributed by atoms with Crippen LogP contribution in [0, 0.1) is 5.82 Å². The Kier molecular flexibility index (Phi) is 5.75. The number of carboxylic acid groups (broad SMARTS) is 1. The maximum Gasteiger partial charge on any atom is 0.321 e. The molecule has 0 saturated heterocycles. The zero-order valence-electron chi connectivity index (χ0n) is 10.3. The van der Waals surface area contributed by atoms with Crippen molar-refractivity contribution in [2.24, 2.45) is 0 Å². The number of aliphatic carboxylic acids is 1. The zero-order valence-corrected chi connectivity index (χ0v) is 11.9. The van der Waals surface area contributed by atoms with Gasteiger partial charge in [0.05, 0.1) is 5.69 Å². The Labute approximate surface area is 118 Å². The molecule has 0 aromatic heterocycles. The number of urea groups is 1. The molecule has 1 rings (SSSR count). The first-order chi connectivity index (χ1) is 8.90. The van der Waals surface area contributed by atoms with Crippen molar-refractivity contribution in [2.75, 3.05) is 18.9 Å². The normalized spacial score (nSPS) is 10.1. The summed E-state index contributed by atoms with van der Waals surface area (Å²) in [5.74, 6) is -1.30. The lowest BCUT2D eigenvalue weighted by atomic mass is 10.3. The van der Waals surface area contributed by atoms with E-state index in [9.17, 15) is 14.0 Å². The first kappa shape index (κ1) is 15.4. The van der Waals surface area contributed by atoms with Gasteiger partial charge >= 0.3 is 12.0 Å². The third-order valence-electron chi connectivity index (χ3n) is 2.40. The van der Waals surface area contributed by atoms with Gasteiger partial charge in [-0.1, -0.05) is 0 Å². The molecule has 0 atom stereocenters. The maximum absolute atomic E-state index is 12.9. The SMILES string of the molecule is CN(CCCC(=O)O)C(=O)Nc1ccc(F)cc1Br. The number of carboxylic acids is 1. The number of amides is 2. The third-order valence-corrected chi connectivity index (χ3v) is 3.06. The van der Waals surface area contributed by atoms with E-state index in [0.717, 1.165) is 0 Å². The molecule has 7 heteroatoms. The molecule has 0 radical (unpaired) electrons. The minimum Gasteiger partial charge on any atom is -0.481 e. The highest BCUT2D eigenvalue weighted by Crippen LogP contribution is 2.23. The lowest BCUT2D eigenvalue weighted by Gasteiger charge is -2.18. The molecule has 1 aromatic carbocycles. The number of carbonyl (C=O) groups is 2. The van der Waals surface area contributed by atoms with Gasteiger partial charge in [0.2, 0.25) is 0 Å². The third kappa shape index (κ3) is 5.25. The number of rotatable bonds is 5. The molecule has 5 nitrogen and oxygen atoms in total. The Bertz CT molecular complexity index is 482. The van der Waals surface area contributed by atoms with Gasteiger partial charge in [-0.15, -0.1) is 0 Å². The van der Waals surface area contributed by atoms with E-state index in [-0.39, 0.29) is 12.5 Å². The van der Waals surface area contributed by atoms with Gasteiger partial charge in [0.25, 0.3) is 0 Å². The highest BCUT2D eigenvalue weighted by atomic mass is 79.9. The second-order valence-corrected chi connectivity index (χ2v) is 4.83. The molecule has 2 amide bonds. The summed E-state index contributed by atoms with van der Waals surface area (Å²) in [5, 5.41) is 11.1. The quantitative estimate of drug-likeness (QED) is 0.870. The standard InChI is InChI=1S/C12H14BrFN2O3/c1-16(6-2-3-11(17)18)12(19)15-10-5-4-8(14)7-9(10)13/h4-5,7H,2-3,6H2,1H3,(H,15,19)(H,17,18). The summed E-state index contributed by atoms with van der Waals surface area (Å²) < 4.78 is 13.3. The molecule has 19 heavy (non-hydrogen) atoms. The van der Waals surface area contributed by atoms with Crippen LogP contribution in [0.5, 0.6) is 0 Å². The van der Waals surface area contributed by atoms with Gasteiger partial charge in [0.15, 0.2) is 0 Å². The Morgan fingerprint density at radius 3 is 2.74 bits per heavy atom. The van der Waals surface area contributed by atoms with E-state index >= 15 is 0 Å². The van der Waals surface area contributed by atoms with Crippen LogP contribution in [0.3, 0.4) is 0 Å². The highest BCUT2D eigenvalue weighted by Gasteiger charge is 2.11. The molecule has 1 aromatic rings. The summed E-state index contributed by atoms with van der Waals surface area (Å²) in [6, 6.07) is 3.56. The van der Waals surface area contributed by atoms with Crippen molar-refractivity contribution < 1.29 is 19.1 Å². The Morgan fingerprint density at radius 1 is 1.47 bits per heavy atom. The van der Waals surface area contributed by atoms with Gasteiger partial charge in [-0.3, -0.25) is 4.79 Å². The molecule has 0 unspecified atom stereocenters. The van der Waals surface area contributed by atoms with Crippen LogP contribution < -0.4 is 5.32 Å². The van der Waals surface area contributed by atoms with Crippen molar-refractivity contribution in [3.8, 4) is 0 Å². The van der Waals surface area contributed by atoms with E-state index in [4.69, 9.17) is 5.11 Å². The van der Waals surface area contributed by atoms with Crippen molar-refractivity contribution in [3.63, 3.8) is 0 Å². The fraction of sp³-hybridized carbons (Fsp3) is 0.333. The molecule has 2 N–H and O–H groups in total. The number of halogens is 2. The van der Waals surface area contributed by atoms with Gasteiger partial charge in [0.1, 0.15) is 5.82 Å². The molecule has 0 spiro atoms. The van der Waals surface area contributed by atoms with E-state index < -0.39 is 11.8 Å². The second kappa shape index (κ2) is 7.08. The summed E-state index contributed by atoms with van der Waals surface area (Å²) in [6.07, 6.45) is 0.391. The summed E-state index contributed by atoms with van der Waals surface area (Å²) in [6.45, 7) is 0.330. The van der Waals surface area contributed by atoms with Crippen LogP contribution in [0.4, 0.5) is 14.9 Å². The second-order valence-electron chi connectivity index (χ2n) is 3.97. The lowest BCUT2D eigenvalue weighted by Crippen LogP contribution is -2.32. The number of nitrogens with zero attached hydrogens (tertiary/aromatic N) is 1. The summed E-state index contributed by atoms with van der Waals surface area (Å²) >= 11 is 3.15. The van der Waals surface area contributed by atoms with Crippen molar-refractivity contribution in [1.29, 1.82) is 0 Å². The van der Waals surface area contributed by atoms with Gasteiger partial charge in [0, 0.05) is 24.5 Å². The van der Waals surface area contributed by atoms with Gasteiger partial charge in [-0.05, 0) is 40.5 Å². The Hall–Kier alpha value is -1.63. The minimum absolute atomic E-state index is 0.0118. The molecule has 0 bridgehead atoms. The lowest BCUT2D eigenvalue weighted by molar-refractivity contribution is -0.137. The summed E-state index contributed by atoms with van der Waals surface area (Å²) in [7, 11) is 1.56. The molecule has 0 aliphatic rings. The molecule has 0 saturated carbocycles. The predicted molar refractivity (Wildman–Crippen MR) is 72.6 cm³/mol. The number of nitrogens with one attached hydrogen (secondary N) is 1. The molecule has 0 aliphatic carbocycles. The van der Waals surface area contributed by atoms with E-state index in [1.165, 1.54) is 23.1 Å². The number of benzene rings is 1. The van der Waals surface area contributed by atoms with Crippen LogP contribution in [-0.2, 0) is 4.79 Å². The van der Waals surface area contributed by atoms with Crippen LogP contribution in [0.2, 0.25) is 0 Å². The zero-order chi connectivity index (χ0) is 14.4. The monoisotopic (exact) mass is 332 g/mol. The van der Waals surface area contributed by atoms with Crippen molar-refractivity contribution in [1.82, 2.24) is 4.90 Å². The van der Waals surface area contributed by atoms with Crippen LogP contribution in [-0.4, -0.2) is 35.6 Å². The largest absolute Gasteiger partial charge is 0.481 e. The number of hydrogen-bond acceptors (Lipinski definition) is 2. The fourth-order valence-electron chi connectivity index (χ4n) is 1.37. The van der Waals surface area contributed by atoms with Crippen LogP contribution >= 0.6 is 15.9 Å². The molecular weight excluding hydrogens is 319 g/mol. The smallest absolute Gasteiger partial charge is 0.321 e. The molecule has 0 aliphatic heterocycles. The van der Waals surface area contributed by atoms with E-state index in [1.807, 2.05) is 0 Å². The topological polar surface area (TPSA) is 69.6 Å². The van der Waals surface area contributed by atoms with E-state index in [0.29, 0.717) is 23.1 Å². The first-order valence-corrected chi connectivity index (χ1v) is 6.38. The average Bonchev–Trinajstić information content (AvgIpc) is 2.32. The van der Waals surface area contributed by atoms with E-state index in [1.54, 1.807) is 7.05 Å². The van der Waals surface area contributed by atoms with Crippen molar-refractivity contribution in [2.45, 2.75) is 12.8 Å². The summed E-state index contributed by atoms with van der Waals surface area (Å²) in [4.78, 5) is 23.5. The van der Waals surface area contributed by atoms with Crippen LogP contribution in [0.25, 0.3) is 0 Å². The summed E-state index contributed by atoms with van der Waals surface area (Å²) in [5.41, 5.74) is 0.455. The van der Waals surface area contributed by atoms with Gasteiger partial charge < -0.3 is 15.3 Å². The minimum atomic E-state index is -0.893. The van der Waals surface area contributed by atoms with Crippen LogP contribution in [0.1, 0.15) is 12.8 Å². The predicted octanol–water partition coefficient (Wildman–Crippen LogP) is 2.92. The van der Waals surface area contributed by atoms with Gasteiger partial charge in [-0.25, -0.2) is 9.18 Å². The Morgan fingerprint density at radius 2 is 2.16 bits per heavy atom. The molecule has 0 fully saturated rings. The van der Waals surface area contributed by atoms with Gasteiger partial charge in [-0.2, -0.15) is 0 Å². The number of hydrogen-bond donors (Lipinski definition) is 2. The number of carbonyl (C=O) groups excluding carboxylic acids is 1. The first-order valence-electron chi connectivity index (χ1n) is 5.59. The van der Waals surface area contributed by atoms with Crippen LogP contribution in [0.15, 0.2) is 22.7 Å². The molecule has 0 heterocycles. The van der Waals surface area contributed by atoms with E-state index in [2.05, 4.69) is 21.2 Å². The highest BCUT2D eigenvalue weighted by molar-refractivity contribution is 9.10. The Balaban J connectivity index is 2.51. The average molecular weight is 333 g/mol. The number of anilines is 1. The molecular formula is C12H14BrFN2O3. The van der Waals surface area contributed by atoms with Crippen molar-refractivity contribution in [3.05, 3.63) is 28.5 Å². The fourth-order valence-corrected chi connectivity index (χ4v) is 1.82.